The van der Waals surface area contributed by atoms with Crippen LogP contribution in [0.25, 0.3) is 0 Å². The number of aromatic nitrogens is 4. The predicted octanol–water partition coefficient (Wildman–Crippen LogP) is 2.03. The lowest BCUT2D eigenvalue weighted by Crippen LogP contribution is -2.39. The van der Waals surface area contributed by atoms with Gasteiger partial charge in [-0.3, -0.25) is 4.90 Å². The van der Waals surface area contributed by atoms with Gasteiger partial charge in [0.1, 0.15) is 6.04 Å². The molecule has 1 aliphatic heterocycles. The number of ether oxygens (including phenoxy) is 1. The molecule has 0 amide bonds. The van der Waals surface area contributed by atoms with Gasteiger partial charge in [-0.25, -0.2) is 0 Å². The van der Waals surface area contributed by atoms with Crippen LogP contribution in [0.4, 0.5) is 0 Å². The Morgan fingerprint density at radius 3 is 2.83 bits per heavy atom. The lowest BCUT2D eigenvalue weighted by Gasteiger charge is -2.32. The highest BCUT2D eigenvalue weighted by Crippen LogP contribution is 2.39. The molecule has 1 saturated heterocycles. The average molecular weight is 319 g/mol. The van der Waals surface area contributed by atoms with E-state index >= 15 is 0 Å². The summed E-state index contributed by atoms with van der Waals surface area (Å²) in [7, 11) is 0. The molecule has 2 aromatic heterocycles. The largest absolute Gasteiger partial charge is 0.423 e. The Labute approximate surface area is 134 Å². The Morgan fingerprint density at radius 2 is 2.09 bits per heavy atom. The lowest BCUT2D eigenvalue weighted by atomic mass is 10.2. The van der Waals surface area contributed by atoms with Crippen molar-refractivity contribution >= 4 is 0 Å². The van der Waals surface area contributed by atoms with E-state index in [1.165, 1.54) is 0 Å². The van der Waals surface area contributed by atoms with E-state index in [0.717, 1.165) is 25.3 Å². The summed E-state index contributed by atoms with van der Waals surface area (Å²) in [5.74, 6) is 3.42. The van der Waals surface area contributed by atoms with Crippen LogP contribution < -0.4 is 0 Å². The van der Waals surface area contributed by atoms with Crippen molar-refractivity contribution in [3.05, 3.63) is 23.5 Å². The Kier molecular flexibility index (Phi) is 3.86. The van der Waals surface area contributed by atoms with Gasteiger partial charge in [0.25, 0.3) is 0 Å². The molecule has 8 nitrogen and oxygen atoms in total. The third-order valence-electron chi connectivity index (χ3n) is 4.23. The number of rotatable bonds is 5. The van der Waals surface area contributed by atoms with Gasteiger partial charge < -0.3 is 13.7 Å². The molecular formula is C15H21N5O3. The first-order valence-electron chi connectivity index (χ1n) is 8.18. The maximum Gasteiger partial charge on any atom is 0.236 e. The van der Waals surface area contributed by atoms with Crippen molar-refractivity contribution < 1.29 is 13.7 Å². The molecule has 8 heteroatoms. The van der Waals surface area contributed by atoms with E-state index in [-0.39, 0.29) is 12.0 Å². The van der Waals surface area contributed by atoms with Gasteiger partial charge in [0, 0.05) is 18.4 Å². The molecule has 2 aliphatic rings. The summed E-state index contributed by atoms with van der Waals surface area (Å²) in [5.41, 5.74) is 0. The average Bonchev–Trinajstić information content (AvgIpc) is 3.10. The van der Waals surface area contributed by atoms with Gasteiger partial charge in [0.05, 0.1) is 19.8 Å². The highest BCUT2D eigenvalue weighted by atomic mass is 16.5. The van der Waals surface area contributed by atoms with Crippen molar-refractivity contribution in [1.82, 2.24) is 25.2 Å². The number of morpholine rings is 1. The monoisotopic (exact) mass is 319 g/mol. The van der Waals surface area contributed by atoms with Gasteiger partial charge in [-0.1, -0.05) is 19.0 Å². The molecule has 1 unspecified atom stereocenters. The van der Waals surface area contributed by atoms with Crippen molar-refractivity contribution in [2.45, 2.75) is 51.1 Å². The van der Waals surface area contributed by atoms with Gasteiger partial charge in [-0.15, -0.1) is 10.2 Å². The van der Waals surface area contributed by atoms with Crippen LogP contribution in [0, 0.1) is 0 Å². The topological polar surface area (TPSA) is 90.3 Å². The molecule has 1 atom stereocenters. The summed E-state index contributed by atoms with van der Waals surface area (Å²) < 4.78 is 16.7. The quantitative estimate of drug-likeness (QED) is 0.827. The second-order valence-corrected chi connectivity index (χ2v) is 6.52. The van der Waals surface area contributed by atoms with Crippen LogP contribution in [0.3, 0.4) is 0 Å². The first-order chi connectivity index (χ1) is 11.2. The predicted molar refractivity (Wildman–Crippen MR) is 78.6 cm³/mol. The standard InChI is InChI=1S/C15H21N5O3/c1-9(2)13-17-18-15(22-13)11-8-21-6-5-20(11)7-12-16-14(23-19-12)10-3-4-10/h9-11H,3-8H2,1-2H3. The molecule has 3 heterocycles. The molecular weight excluding hydrogens is 298 g/mol. The minimum absolute atomic E-state index is 0.0633. The number of nitrogens with zero attached hydrogens (tertiary/aromatic N) is 5. The Bertz CT molecular complexity index is 664. The smallest absolute Gasteiger partial charge is 0.236 e. The SMILES string of the molecule is CC(C)c1nnc(C2COCCN2Cc2noc(C3CC3)n2)o1. The highest BCUT2D eigenvalue weighted by molar-refractivity contribution is 5.02. The normalized spacial score (nSPS) is 22.8. The maximum atomic E-state index is 5.80. The van der Waals surface area contributed by atoms with Gasteiger partial charge in [-0.05, 0) is 12.8 Å². The van der Waals surface area contributed by atoms with E-state index in [0.29, 0.717) is 43.3 Å². The Hall–Kier alpha value is -1.80. The molecule has 0 spiro atoms. The fourth-order valence-corrected chi connectivity index (χ4v) is 2.68. The van der Waals surface area contributed by atoms with Crippen LogP contribution in [0.2, 0.25) is 0 Å². The number of hydrogen-bond acceptors (Lipinski definition) is 8. The molecule has 0 aromatic carbocycles. The number of hydrogen-bond donors (Lipinski definition) is 0. The van der Waals surface area contributed by atoms with E-state index in [1.54, 1.807) is 0 Å². The lowest BCUT2D eigenvalue weighted by molar-refractivity contribution is -0.0240. The molecule has 1 saturated carbocycles. The van der Waals surface area contributed by atoms with Crippen molar-refractivity contribution in [2.24, 2.45) is 0 Å². The summed E-state index contributed by atoms with van der Waals surface area (Å²) in [5, 5.41) is 12.4. The molecule has 0 N–H and O–H groups in total. The minimum atomic E-state index is -0.0633. The zero-order valence-electron chi connectivity index (χ0n) is 13.4. The van der Waals surface area contributed by atoms with Crippen molar-refractivity contribution in [3.8, 4) is 0 Å². The van der Waals surface area contributed by atoms with E-state index in [4.69, 9.17) is 13.7 Å². The molecule has 4 rings (SSSR count). The van der Waals surface area contributed by atoms with E-state index < -0.39 is 0 Å². The van der Waals surface area contributed by atoms with Gasteiger partial charge >= 0.3 is 0 Å². The molecule has 23 heavy (non-hydrogen) atoms. The molecule has 1 aliphatic carbocycles. The van der Waals surface area contributed by atoms with E-state index in [2.05, 4.69) is 25.2 Å². The second kappa shape index (κ2) is 6.01. The summed E-state index contributed by atoms with van der Waals surface area (Å²) >= 11 is 0. The summed E-state index contributed by atoms with van der Waals surface area (Å²) in [6.45, 7) is 6.65. The van der Waals surface area contributed by atoms with Crippen LogP contribution in [0.1, 0.15) is 68.1 Å². The summed E-state index contributed by atoms with van der Waals surface area (Å²) in [6.07, 6.45) is 2.31. The second-order valence-electron chi connectivity index (χ2n) is 6.52. The zero-order chi connectivity index (χ0) is 15.8. The Morgan fingerprint density at radius 1 is 1.22 bits per heavy atom. The third kappa shape index (κ3) is 3.13. The molecule has 124 valence electrons. The van der Waals surface area contributed by atoms with Gasteiger partial charge in [0.2, 0.25) is 17.7 Å². The van der Waals surface area contributed by atoms with Crippen molar-refractivity contribution in [2.75, 3.05) is 19.8 Å². The highest BCUT2D eigenvalue weighted by Gasteiger charge is 2.33. The van der Waals surface area contributed by atoms with Crippen LogP contribution in [0.15, 0.2) is 8.94 Å². The fourth-order valence-electron chi connectivity index (χ4n) is 2.68. The van der Waals surface area contributed by atoms with Crippen LogP contribution in [0.5, 0.6) is 0 Å². The van der Waals surface area contributed by atoms with Gasteiger partial charge in [0.15, 0.2) is 5.82 Å². The molecule has 0 radical (unpaired) electrons. The van der Waals surface area contributed by atoms with E-state index in [9.17, 15) is 0 Å². The molecule has 2 fully saturated rings. The molecule has 0 bridgehead atoms. The zero-order valence-corrected chi connectivity index (χ0v) is 13.4. The Balaban J connectivity index is 1.49. The summed E-state index contributed by atoms with van der Waals surface area (Å²) in [6, 6.07) is -0.0633. The van der Waals surface area contributed by atoms with E-state index in [1.807, 2.05) is 13.8 Å². The third-order valence-corrected chi connectivity index (χ3v) is 4.23. The van der Waals surface area contributed by atoms with Crippen LogP contribution in [-0.4, -0.2) is 45.0 Å². The first kappa shape index (κ1) is 14.8. The van der Waals surface area contributed by atoms with Crippen molar-refractivity contribution in [3.63, 3.8) is 0 Å². The first-order valence-corrected chi connectivity index (χ1v) is 8.18. The maximum absolute atomic E-state index is 5.80. The molecule has 2 aromatic rings. The van der Waals surface area contributed by atoms with Crippen molar-refractivity contribution in [1.29, 1.82) is 0 Å². The minimum Gasteiger partial charge on any atom is -0.423 e. The van der Waals surface area contributed by atoms with Crippen LogP contribution >= 0.6 is 0 Å². The summed E-state index contributed by atoms with van der Waals surface area (Å²) in [4.78, 5) is 6.71. The fraction of sp³-hybridized carbons (Fsp3) is 0.733. The van der Waals surface area contributed by atoms with Gasteiger partial charge in [-0.2, -0.15) is 4.98 Å². The van der Waals surface area contributed by atoms with Crippen LogP contribution in [-0.2, 0) is 11.3 Å².